The molecule has 1 unspecified atom stereocenters. The van der Waals surface area contributed by atoms with Crippen LogP contribution in [0.15, 0.2) is 48.9 Å². The Kier molecular flexibility index (Phi) is 4.45. The normalized spacial score (nSPS) is 25.1. The van der Waals surface area contributed by atoms with Gasteiger partial charge in [0.05, 0.1) is 12.2 Å². The summed E-state index contributed by atoms with van der Waals surface area (Å²) in [6, 6.07) is 10.3. The highest BCUT2D eigenvalue weighted by Crippen LogP contribution is 2.31. The molecule has 0 amide bonds. The molecule has 2 fully saturated rings. The molecule has 1 atom stereocenters. The lowest BCUT2D eigenvalue weighted by Gasteiger charge is -2.48. The van der Waals surface area contributed by atoms with Gasteiger partial charge in [-0.2, -0.15) is 0 Å². The van der Waals surface area contributed by atoms with Crippen molar-refractivity contribution in [1.82, 2.24) is 14.9 Å². The molecule has 24 heavy (non-hydrogen) atoms. The molecule has 0 saturated carbocycles. The number of anilines is 1. The molecule has 0 radical (unpaired) electrons. The third-order valence-corrected chi connectivity index (χ3v) is 4.97. The molecule has 2 saturated heterocycles. The zero-order valence-electron chi connectivity index (χ0n) is 14.0. The van der Waals surface area contributed by atoms with Crippen molar-refractivity contribution < 1.29 is 4.74 Å². The van der Waals surface area contributed by atoms with Gasteiger partial charge in [0.2, 0.25) is 0 Å². The summed E-state index contributed by atoms with van der Waals surface area (Å²) in [5, 5.41) is 0. The Morgan fingerprint density at radius 1 is 1.08 bits per heavy atom. The Morgan fingerprint density at radius 2 is 2.08 bits per heavy atom. The molecule has 0 N–H and O–H groups in total. The Bertz CT molecular complexity index is 647. The number of rotatable bonds is 3. The van der Waals surface area contributed by atoms with Crippen LogP contribution in [0.2, 0.25) is 0 Å². The SMILES string of the molecule is c1ccc(N2CCCC3(CN(Cc4cccnc4)CCO3)C2)nc1. The van der Waals surface area contributed by atoms with Crippen molar-refractivity contribution in [2.45, 2.75) is 25.0 Å². The minimum absolute atomic E-state index is 0.0732. The Morgan fingerprint density at radius 3 is 2.92 bits per heavy atom. The smallest absolute Gasteiger partial charge is 0.128 e. The van der Waals surface area contributed by atoms with E-state index in [0.29, 0.717) is 0 Å². The molecule has 0 aliphatic carbocycles. The summed E-state index contributed by atoms with van der Waals surface area (Å²) in [6.07, 6.45) is 7.93. The molecule has 2 aromatic heterocycles. The third kappa shape index (κ3) is 3.42. The summed E-state index contributed by atoms with van der Waals surface area (Å²) in [7, 11) is 0. The van der Waals surface area contributed by atoms with Gasteiger partial charge in [0, 0.05) is 51.3 Å². The Labute approximate surface area is 143 Å². The first-order valence-electron chi connectivity index (χ1n) is 8.74. The highest BCUT2D eigenvalue weighted by molar-refractivity contribution is 5.39. The van der Waals surface area contributed by atoms with Gasteiger partial charge in [-0.25, -0.2) is 4.98 Å². The fraction of sp³-hybridized carbons (Fsp3) is 0.474. The highest BCUT2D eigenvalue weighted by atomic mass is 16.5. The topological polar surface area (TPSA) is 41.5 Å². The number of pyridine rings is 2. The van der Waals surface area contributed by atoms with Gasteiger partial charge in [-0.3, -0.25) is 9.88 Å². The Hall–Kier alpha value is -1.98. The van der Waals surface area contributed by atoms with E-state index >= 15 is 0 Å². The van der Waals surface area contributed by atoms with E-state index < -0.39 is 0 Å². The molecule has 126 valence electrons. The van der Waals surface area contributed by atoms with Crippen LogP contribution in [-0.2, 0) is 11.3 Å². The number of morpholine rings is 1. The van der Waals surface area contributed by atoms with Crippen molar-refractivity contribution >= 4 is 5.82 Å². The summed E-state index contributed by atoms with van der Waals surface area (Å²) in [5.74, 6) is 1.06. The van der Waals surface area contributed by atoms with E-state index in [1.807, 2.05) is 30.7 Å². The maximum atomic E-state index is 6.30. The van der Waals surface area contributed by atoms with Gasteiger partial charge >= 0.3 is 0 Å². The van der Waals surface area contributed by atoms with Gasteiger partial charge in [0.25, 0.3) is 0 Å². The van der Waals surface area contributed by atoms with Crippen LogP contribution in [0, 0.1) is 0 Å². The molecule has 0 bridgehead atoms. The maximum absolute atomic E-state index is 6.30. The third-order valence-electron chi connectivity index (χ3n) is 4.97. The van der Waals surface area contributed by atoms with E-state index in [9.17, 15) is 0 Å². The minimum Gasteiger partial charge on any atom is -0.370 e. The van der Waals surface area contributed by atoms with Crippen molar-refractivity contribution in [2.24, 2.45) is 0 Å². The predicted molar refractivity (Wildman–Crippen MR) is 93.9 cm³/mol. The van der Waals surface area contributed by atoms with Crippen LogP contribution in [0.1, 0.15) is 18.4 Å². The van der Waals surface area contributed by atoms with Gasteiger partial charge in [0.1, 0.15) is 5.82 Å². The second-order valence-corrected chi connectivity index (χ2v) is 6.82. The standard InChI is InChI=1S/C19H24N4O/c1-2-9-21-18(6-1)23-10-4-7-19(16-23)15-22(11-12-24-19)14-17-5-3-8-20-13-17/h1-3,5-6,8-9,13H,4,7,10-12,14-16H2. The van der Waals surface area contributed by atoms with Gasteiger partial charge < -0.3 is 9.64 Å². The Balaban J connectivity index is 1.45. The molecule has 2 aromatic rings. The average molecular weight is 324 g/mol. The fourth-order valence-electron chi connectivity index (χ4n) is 3.89. The average Bonchev–Trinajstić information content (AvgIpc) is 2.63. The zero-order chi connectivity index (χ0) is 16.2. The molecule has 5 heteroatoms. The van der Waals surface area contributed by atoms with E-state index in [-0.39, 0.29) is 5.60 Å². The highest BCUT2D eigenvalue weighted by Gasteiger charge is 2.40. The lowest BCUT2D eigenvalue weighted by Crippen LogP contribution is -2.59. The summed E-state index contributed by atoms with van der Waals surface area (Å²) in [5.41, 5.74) is 1.20. The van der Waals surface area contributed by atoms with Crippen LogP contribution >= 0.6 is 0 Å². The largest absolute Gasteiger partial charge is 0.370 e. The van der Waals surface area contributed by atoms with Crippen molar-refractivity contribution in [1.29, 1.82) is 0 Å². The molecular weight excluding hydrogens is 300 g/mol. The van der Waals surface area contributed by atoms with Crippen LogP contribution < -0.4 is 4.90 Å². The molecule has 1 spiro atoms. The van der Waals surface area contributed by atoms with Crippen molar-refractivity contribution in [3.63, 3.8) is 0 Å². The van der Waals surface area contributed by atoms with E-state index in [1.54, 1.807) is 0 Å². The second-order valence-electron chi connectivity index (χ2n) is 6.82. The molecule has 5 nitrogen and oxygen atoms in total. The van der Waals surface area contributed by atoms with Crippen LogP contribution in [0.3, 0.4) is 0 Å². The maximum Gasteiger partial charge on any atom is 0.128 e. The number of ether oxygens (including phenoxy) is 1. The number of piperidine rings is 1. The first kappa shape index (κ1) is 15.5. The zero-order valence-corrected chi connectivity index (χ0v) is 14.0. The van der Waals surface area contributed by atoms with E-state index in [2.05, 4.69) is 38.0 Å². The predicted octanol–water partition coefficient (Wildman–Crippen LogP) is 2.35. The fourth-order valence-corrected chi connectivity index (χ4v) is 3.89. The molecule has 4 rings (SSSR count). The molecular formula is C19H24N4O. The van der Waals surface area contributed by atoms with Gasteiger partial charge in [-0.1, -0.05) is 12.1 Å². The van der Waals surface area contributed by atoms with Crippen LogP contribution in [0.4, 0.5) is 5.82 Å². The molecule has 4 heterocycles. The summed E-state index contributed by atoms with van der Waals surface area (Å²) < 4.78 is 6.30. The van der Waals surface area contributed by atoms with Crippen LogP contribution in [-0.4, -0.2) is 53.3 Å². The molecule has 2 aliphatic heterocycles. The van der Waals surface area contributed by atoms with Crippen molar-refractivity contribution in [2.75, 3.05) is 37.7 Å². The van der Waals surface area contributed by atoms with Gasteiger partial charge in [-0.05, 0) is 36.6 Å². The van der Waals surface area contributed by atoms with Gasteiger partial charge in [-0.15, -0.1) is 0 Å². The number of aromatic nitrogens is 2. The first-order valence-corrected chi connectivity index (χ1v) is 8.74. The lowest BCUT2D eigenvalue weighted by molar-refractivity contribution is -0.116. The van der Waals surface area contributed by atoms with E-state index in [1.165, 1.54) is 5.56 Å². The minimum atomic E-state index is -0.0732. The molecule has 0 aromatic carbocycles. The van der Waals surface area contributed by atoms with Gasteiger partial charge in [0.15, 0.2) is 0 Å². The van der Waals surface area contributed by atoms with E-state index in [4.69, 9.17) is 4.74 Å². The number of hydrogen-bond acceptors (Lipinski definition) is 5. The molecule has 2 aliphatic rings. The van der Waals surface area contributed by atoms with Crippen LogP contribution in [0.25, 0.3) is 0 Å². The number of nitrogens with zero attached hydrogens (tertiary/aromatic N) is 4. The van der Waals surface area contributed by atoms with Crippen LogP contribution in [0.5, 0.6) is 0 Å². The quantitative estimate of drug-likeness (QED) is 0.867. The van der Waals surface area contributed by atoms with Crippen molar-refractivity contribution in [3.8, 4) is 0 Å². The monoisotopic (exact) mass is 324 g/mol. The van der Waals surface area contributed by atoms with E-state index in [0.717, 1.165) is 58.0 Å². The summed E-state index contributed by atoms with van der Waals surface area (Å²) in [4.78, 5) is 13.6. The second kappa shape index (κ2) is 6.87. The lowest BCUT2D eigenvalue weighted by atomic mass is 9.90. The number of hydrogen-bond donors (Lipinski definition) is 0. The first-order chi connectivity index (χ1) is 11.8. The summed E-state index contributed by atoms with van der Waals surface area (Å²) >= 11 is 0. The summed E-state index contributed by atoms with van der Waals surface area (Å²) in [6.45, 7) is 5.70. The van der Waals surface area contributed by atoms with Crippen molar-refractivity contribution in [3.05, 3.63) is 54.5 Å².